The number of carbonyl (C=O) groups excluding carboxylic acids is 1. The monoisotopic (exact) mass is 300 g/mol. The number of para-hydroxylation sites is 1. The van der Waals surface area contributed by atoms with Crippen LogP contribution in [0.2, 0.25) is 0 Å². The molecule has 2 rings (SSSR count). The van der Waals surface area contributed by atoms with E-state index in [1.165, 1.54) is 12.1 Å². The molecule has 2 aromatic carbocycles. The van der Waals surface area contributed by atoms with Gasteiger partial charge in [0.25, 0.3) is 0 Å². The van der Waals surface area contributed by atoms with E-state index in [1.807, 2.05) is 55.3 Å². The molecule has 0 aromatic heterocycles. The lowest BCUT2D eigenvalue weighted by Gasteiger charge is -2.28. The highest BCUT2D eigenvalue weighted by Crippen LogP contribution is 2.15. The summed E-state index contributed by atoms with van der Waals surface area (Å²) in [7, 11) is 3.64. The van der Waals surface area contributed by atoms with Gasteiger partial charge >= 0.3 is 0 Å². The molecule has 1 unspecified atom stereocenters. The number of hydrogen-bond donors (Lipinski definition) is 0. The molecule has 2 aromatic rings. The van der Waals surface area contributed by atoms with Crippen molar-refractivity contribution in [2.45, 2.75) is 19.5 Å². The van der Waals surface area contributed by atoms with E-state index in [-0.39, 0.29) is 17.8 Å². The number of halogens is 1. The molecule has 0 saturated carbocycles. The van der Waals surface area contributed by atoms with Crippen molar-refractivity contribution in [3.63, 3.8) is 0 Å². The van der Waals surface area contributed by atoms with Crippen molar-refractivity contribution in [1.29, 1.82) is 0 Å². The van der Waals surface area contributed by atoms with E-state index in [1.54, 1.807) is 18.0 Å². The number of amides is 1. The van der Waals surface area contributed by atoms with Crippen molar-refractivity contribution >= 4 is 11.6 Å². The summed E-state index contributed by atoms with van der Waals surface area (Å²) >= 11 is 0. The third-order valence-corrected chi connectivity index (χ3v) is 3.81. The highest BCUT2D eigenvalue weighted by Gasteiger charge is 2.22. The second-order valence-corrected chi connectivity index (χ2v) is 5.45. The Labute approximate surface area is 131 Å². The van der Waals surface area contributed by atoms with Gasteiger partial charge in [0.2, 0.25) is 5.91 Å². The lowest BCUT2D eigenvalue weighted by Crippen LogP contribution is -2.43. The van der Waals surface area contributed by atoms with Gasteiger partial charge < -0.3 is 4.90 Å². The van der Waals surface area contributed by atoms with Crippen LogP contribution in [0.25, 0.3) is 0 Å². The fourth-order valence-electron chi connectivity index (χ4n) is 2.31. The summed E-state index contributed by atoms with van der Waals surface area (Å²) in [5, 5.41) is 0. The maximum atomic E-state index is 13.2. The Morgan fingerprint density at radius 3 is 2.41 bits per heavy atom. The van der Waals surface area contributed by atoms with E-state index in [4.69, 9.17) is 0 Å². The van der Waals surface area contributed by atoms with Crippen molar-refractivity contribution in [2.24, 2.45) is 0 Å². The molecule has 22 heavy (non-hydrogen) atoms. The summed E-state index contributed by atoms with van der Waals surface area (Å²) in [5.74, 6) is -0.253. The summed E-state index contributed by atoms with van der Waals surface area (Å²) in [5.41, 5.74) is 1.71. The first-order chi connectivity index (χ1) is 10.5. The zero-order chi connectivity index (χ0) is 16.1. The minimum atomic E-state index is -0.298. The average molecular weight is 300 g/mol. The van der Waals surface area contributed by atoms with Crippen LogP contribution in [0.1, 0.15) is 12.5 Å². The molecule has 0 N–H and O–H groups in total. The molecule has 1 amide bonds. The Kier molecular flexibility index (Phi) is 5.28. The SMILES string of the molecule is CC(C(=O)N(C)c1ccccc1)N(C)Cc1cccc(F)c1. The number of hydrogen-bond acceptors (Lipinski definition) is 2. The summed E-state index contributed by atoms with van der Waals surface area (Å²) in [4.78, 5) is 16.1. The zero-order valence-electron chi connectivity index (χ0n) is 13.2. The summed E-state index contributed by atoms with van der Waals surface area (Å²) < 4.78 is 13.2. The Bertz CT molecular complexity index is 630. The van der Waals surface area contributed by atoms with Gasteiger partial charge in [-0.3, -0.25) is 9.69 Å². The molecule has 0 aliphatic heterocycles. The summed E-state index contributed by atoms with van der Waals surface area (Å²) in [6.07, 6.45) is 0. The normalized spacial score (nSPS) is 12.2. The van der Waals surface area contributed by atoms with Gasteiger partial charge in [0, 0.05) is 19.3 Å². The number of likely N-dealkylation sites (N-methyl/N-ethyl adjacent to an activating group) is 2. The van der Waals surface area contributed by atoms with Crippen LogP contribution in [0.4, 0.5) is 10.1 Å². The van der Waals surface area contributed by atoms with Crippen molar-refractivity contribution in [3.8, 4) is 0 Å². The van der Waals surface area contributed by atoms with Crippen LogP contribution in [0, 0.1) is 5.82 Å². The fraction of sp³-hybridized carbons (Fsp3) is 0.278. The van der Waals surface area contributed by atoms with Crippen LogP contribution < -0.4 is 4.90 Å². The van der Waals surface area contributed by atoms with Crippen molar-refractivity contribution in [1.82, 2.24) is 4.90 Å². The van der Waals surface area contributed by atoms with Gasteiger partial charge in [-0.2, -0.15) is 0 Å². The highest BCUT2D eigenvalue weighted by molar-refractivity contribution is 5.96. The van der Waals surface area contributed by atoms with E-state index < -0.39 is 0 Å². The van der Waals surface area contributed by atoms with Gasteiger partial charge in [-0.15, -0.1) is 0 Å². The number of rotatable bonds is 5. The molecule has 0 spiro atoms. The van der Waals surface area contributed by atoms with Gasteiger partial charge in [0.05, 0.1) is 6.04 Å². The minimum absolute atomic E-state index is 0.00473. The minimum Gasteiger partial charge on any atom is -0.314 e. The maximum absolute atomic E-state index is 13.2. The van der Waals surface area contributed by atoms with Crippen molar-refractivity contribution in [2.75, 3.05) is 19.0 Å². The van der Waals surface area contributed by atoms with Crippen molar-refractivity contribution < 1.29 is 9.18 Å². The lowest BCUT2D eigenvalue weighted by atomic mass is 10.1. The largest absolute Gasteiger partial charge is 0.314 e. The Morgan fingerprint density at radius 2 is 1.77 bits per heavy atom. The first-order valence-corrected chi connectivity index (χ1v) is 7.26. The standard InChI is InChI=1S/C18H21FN2O/c1-14(18(22)21(3)17-10-5-4-6-11-17)20(2)13-15-8-7-9-16(19)12-15/h4-12,14H,13H2,1-3H3. The Hall–Kier alpha value is -2.20. The van der Waals surface area contributed by atoms with Gasteiger partial charge in [0.1, 0.15) is 5.82 Å². The van der Waals surface area contributed by atoms with Gasteiger partial charge in [0.15, 0.2) is 0 Å². The lowest BCUT2D eigenvalue weighted by molar-refractivity contribution is -0.122. The van der Waals surface area contributed by atoms with Crippen LogP contribution in [-0.2, 0) is 11.3 Å². The first kappa shape index (κ1) is 16.2. The Morgan fingerprint density at radius 1 is 1.09 bits per heavy atom. The summed E-state index contributed by atoms with van der Waals surface area (Å²) in [6, 6.07) is 15.7. The van der Waals surface area contributed by atoms with E-state index in [0.717, 1.165) is 11.3 Å². The van der Waals surface area contributed by atoms with E-state index in [9.17, 15) is 9.18 Å². The number of carbonyl (C=O) groups is 1. The van der Waals surface area contributed by atoms with Crippen LogP contribution >= 0.6 is 0 Å². The molecule has 0 radical (unpaired) electrons. The molecule has 4 heteroatoms. The van der Waals surface area contributed by atoms with Crippen molar-refractivity contribution in [3.05, 3.63) is 66.0 Å². The predicted octanol–water partition coefficient (Wildman–Crippen LogP) is 3.31. The third-order valence-electron chi connectivity index (χ3n) is 3.81. The van der Waals surface area contributed by atoms with Crippen LogP contribution in [-0.4, -0.2) is 30.9 Å². The van der Waals surface area contributed by atoms with E-state index >= 15 is 0 Å². The summed E-state index contributed by atoms with van der Waals surface area (Å²) in [6.45, 7) is 2.38. The van der Waals surface area contributed by atoms with Crippen LogP contribution in [0.5, 0.6) is 0 Å². The first-order valence-electron chi connectivity index (χ1n) is 7.26. The molecule has 0 aliphatic rings. The number of anilines is 1. The molecular weight excluding hydrogens is 279 g/mol. The second kappa shape index (κ2) is 7.18. The Balaban J connectivity index is 2.03. The quantitative estimate of drug-likeness (QED) is 0.846. The molecule has 0 aliphatic carbocycles. The molecule has 0 fully saturated rings. The smallest absolute Gasteiger partial charge is 0.243 e. The molecule has 3 nitrogen and oxygen atoms in total. The van der Waals surface area contributed by atoms with Gasteiger partial charge in [-0.1, -0.05) is 30.3 Å². The molecule has 116 valence electrons. The molecule has 1 atom stereocenters. The number of nitrogens with zero attached hydrogens (tertiary/aromatic N) is 2. The van der Waals surface area contributed by atoms with Gasteiger partial charge in [-0.25, -0.2) is 4.39 Å². The van der Waals surface area contributed by atoms with E-state index in [0.29, 0.717) is 6.54 Å². The maximum Gasteiger partial charge on any atom is 0.243 e. The second-order valence-electron chi connectivity index (χ2n) is 5.45. The molecule has 0 heterocycles. The predicted molar refractivity (Wildman–Crippen MR) is 87.2 cm³/mol. The zero-order valence-corrected chi connectivity index (χ0v) is 13.2. The van der Waals surface area contributed by atoms with Crippen LogP contribution in [0.3, 0.4) is 0 Å². The fourth-order valence-corrected chi connectivity index (χ4v) is 2.31. The molecule has 0 saturated heterocycles. The highest BCUT2D eigenvalue weighted by atomic mass is 19.1. The average Bonchev–Trinajstić information content (AvgIpc) is 2.53. The molecular formula is C18H21FN2O. The van der Waals surface area contributed by atoms with E-state index in [2.05, 4.69) is 0 Å². The molecule has 0 bridgehead atoms. The third kappa shape index (κ3) is 3.92. The van der Waals surface area contributed by atoms with Crippen LogP contribution in [0.15, 0.2) is 54.6 Å². The number of benzene rings is 2. The van der Waals surface area contributed by atoms with Gasteiger partial charge in [-0.05, 0) is 43.8 Å². The topological polar surface area (TPSA) is 23.6 Å².